The van der Waals surface area contributed by atoms with Gasteiger partial charge in [-0.3, -0.25) is 4.79 Å². The van der Waals surface area contributed by atoms with Gasteiger partial charge in [0.05, 0.1) is 12.1 Å². The van der Waals surface area contributed by atoms with Gasteiger partial charge in [0.15, 0.2) is 11.5 Å². The number of hydrogen-bond donors (Lipinski definition) is 2. The molecule has 0 bridgehead atoms. The standard InChI is InChI=1S/C17H19N3O3S/c21-16(19-12-2-1-5-18-8-12)7-13-9-24-17(20-13)11-3-4-14-15(6-11)23-10-22-14/h3-4,6,9,12,18H,1-2,5,7-8,10H2,(H,19,21). The van der Waals surface area contributed by atoms with E-state index in [9.17, 15) is 4.79 Å². The van der Waals surface area contributed by atoms with Gasteiger partial charge in [-0.25, -0.2) is 4.98 Å². The van der Waals surface area contributed by atoms with E-state index in [0.717, 1.165) is 53.7 Å². The molecule has 2 aromatic rings. The summed E-state index contributed by atoms with van der Waals surface area (Å²) in [4.78, 5) is 16.8. The first-order chi connectivity index (χ1) is 11.8. The first-order valence-electron chi connectivity index (χ1n) is 8.12. The number of aromatic nitrogens is 1. The van der Waals surface area contributed by atoms with Gasteiger partial charge in [0, 0.05) is 23.5 Å². The molecule has 2 aliphatic heterocycles. The first-order valence-corrected chi connectivity index (χ1v) is 9.00. The second kappa shape index (κ2) is 6.78. The van der Waals surface area contributed by atoms with Crippen LogP contribution in [-0.2, 0) is 11.2 Å². The molecule has 1 saturated heterocycles. The Bertz CT molecular complexity index is 740. The maximum atomic E-state index is 12.2. The lowest BCUT2D eigenvalue weighted by Crippen LogP contribution is -2.46. The van der Waals surface area contributed by atoms with Crippen molar-refractivity contribution in [3.63, 3.8) is 0 Å². The van der Waals surface area contributed by atoms with E-state index >= 15 is 0 Å². The van der Waals surface area contributed by atoms with Gasteiger partial charge in [-0.1, -0.05) is 0 Å². The van der Waals surface area contributed by atoms with Gasteiger partial charge in [0.1, 0.15) is 5.01 Å². The zero-order valence-electron chi connectivity index (χ0n) is 13.2. The van der Waals surface area contributed by atoms with Gasteiger partial charge < -0.3 is 20.1 Å². The minimum absolute atomic E-state index is 0.0336. The average molecular weight is 345 g/mol. The average Bonchev–Trinajstić information content (AvgIpc) is 3.24. The van der Waals surface area contributed by atoms with Gasteiger partial charge in [0.25, 0.3) is 0 Å². The number of benzene rings is 1. The van der Waals surface area contributed by atoms with Crippen LogP contribution in [-0.4, -0.2) is 36.8 Å². The number of amides is 1. The van der Waals surface area contributed by atoms with Gasteiger partial charge in [0.2, 0.25) is 12.7 Å². The summed E-state index contributed by atoms with van der Waals surface area (Å²) in [5.74, 6) is 1.54. The third-order valence-corrected chi connectivity index (χ3v) is 5.12. The topological polar surface area (TPSA) is 72.5 Å². The molecule has 6 nitrogen and oxygen atoms in total. The molecule has 0 spiro atoms. The molecule has 0 saturated carbocycles. The summed E-state index contributed by atoms with van der Waals surface area (Å²) in [7, 11) is 0. The summed E-state index contributed by atoms with van der Waals surface area (Å²) in [5.41, 5.74) is 1.78. The van der Waals surface area contributed by atoms with Crippen LogP contribution < -0.4 is 20.1 Å². The van der Waals surface area contributed by atoms with E-state index in [1.165, 1.54) is 11.3 Å². The third-order valence-electron chi connectivity index (χ3n) is 4.17. The van der Waals surface area contributed by atoms with E-state index in [1.54, 1.807) is 0 Å². The van der Waals surface area contributed by atoms with Crippen LogP contribution >= 0.6 is 11.3 Å². The minimum Gasteiger partial charge on any atom is -0.454 e. The Balaban J connectivity index is 1.40. The normalized spacial score (nSPS) is 19.2. The molecule has 2 aliphatic rings. The van der Waals surface area contributed by atoms with Crippen molar-refractivity contribution in [1.29, 1.82) is 0 Å². The largest absolute Gasteiger partial charge is 0.454 e. The Morgan fingerprint density at radius 1 is 1.38 bits per heavy atom. The maximum Gasteiger partial charge on any atom is 0.231 e. The van der Waals surface area contributed by atoms with Crippen LogP contribution in [0.3, 0.4) is 0 Å². The Morgan fingerprint density at radius 3 is 3.17 bits per heavy atom. The fourth-order valence-corrected chi connectivity index (χ4v) is 3.79. The van der Waals surface area contributed by atoms with E-state index < -0.39 is 0 Å². The number of fused-ring (bicyclic) bond motifs is 1. The number of ether oxygens (including phenoxy) is 2. The monoisotopic (exact) mass is 345 g/mol. The predicted molar refractivity (Wildman–Crippen MR) is 91.4 cm³/mol. The molecule has 1 atom stereocenters. The molecule has 2 N–H and O–H groups in total. The Labute approximate surface area is 144 Å². The molecule has 7 heteroatoms. The van der Waals surface area contributed by atoms with Gasteiger partial charge in [-0.15, -0.1) is 11.3 Å². The lowest BCUT2D eigenvalue weighted by Gasteiger charge is -2.23. The highest BCUT2D eigenvalue weighted by Gasteiger charge is 2.18. The molecule has 126 valence electrons. The Hall–Kier alpha value is -2.12. The second-order valence-electron chi connectivity index (χ2n) is 6.00. The van der Waals surface area contributed by atoms with Crippen molar-refractivity contribution >= 4 is 17.2 Å². The lowest BCUT2D eigenvalue weighted by atomic mass is 10.1. The summed E-state index contributed by atoms with van der Waals surface area (Å²) < 4.78 is 10.7. The lowest BCUT2D eigenvalue weighted by molar-refractivity contribution is -0.121. The SMILES string of the molecule is O=C(Cc1csc(-c2ccc3c(c2)OCO3)n1)NC1CCCNC1. The zero-order valence-corrected chi connectivity index (χ0v) is 14.0. The van der Waals surface area contributed by atoms with Crippen molar-refractivity contribution < 1.29 is 14.3 Å². The number of carbonyl (C=O) groups is 1. The van der Waals surface area contributed by atoms with Crippen LogP contribution in [0.2, 0.25) is 0 Å². The van der Waals surface area contributed by atoms with Crippen molar-refractivity contribution in [3.8, 4) is 22.1 Å². The number of nitrogens with one attached hydrogen (secondary N) is 2. The molecule has 0 aliphatic carbocycles. The summed E-state index contributed by atoms with van der Waals surface area (Å²) in [6, 6.07) is 6.02. The van der Waals surface area contributed by atoms with Gasteiger partial charge >= 0.3 is 0 Å². The highest BCUT2D eigenvalue weighted by Crippen LogP contribution is 2.36. The number of carbonyl (C=O) groups excluding carboxylic acids is 1. The zero-order chi connectivity index (χ0) is 16.4. The molecule has 1 aromatic heterocycles. The maximum absolute atomic E-state index is 12.2. The first kappa shape index (κ1) is 15.4. The summed E-state index contributed by atoms with van der Waals surface area (Å²) in [5, 5.41) is 9.20. The molecule has 3 heterocycles. The van der Waals surface area contributed by atoms with Crippen LogP contribution in [0.4, 0.5) is 0 Å². The van der Waals surface area contributed by atoms with Crippen molar-refractivity contribution in [2.75, 3.05) is 19.9 Å². The number of thiazole rings is 1. The van der Waals surface area contributed by atoms with Gasteiger partial charge in [-0.05, 0) is 37.6 Å². The van der Waals surface area contributed by atoms with E-state index in [1.807, 2.05) is 23.6 Å². The molecule has 1 amide bonds. The molecular formula is C17H19N3O3S. The molecular weight excluding hydrogens is 326 g/mol. The van der Waals surface area contributed by atoms with Crippen LogP contribution in [0.15, 0.2) is 23.6 Å². The Morgan fingerprint density at radius 2 is 2.29 bits per heavy atom. The molecule has 24 heavy (non-hydrogen) atoms. The minimum atomic E-state index is 0.0336. The number of piperidine rings is 1. The quantitative estimate of drug-likeness (QED) is 0.886. The molecule has 1 unspecified atom stereocenters. The van der Waals surface area contributed by atoms with Crippen molar-refractivity contribution in [2.24, 2.45) is 0 Å². The number of hydrogen-bond acceptors (Lipinski definition) is 6. The van der Waals surface area contributed by atoms with Crippen LogP contribution in [0.25, 0.3) is 10.6 Å². The number of nitrogens with zero attached hydrogens (tertiary/aromatic N) is 1. The summed E-state index contributed by atoms with van der Waals surface area (Å²) in [6.45, 7) is 2.15. The number of rotatable bonds is 4. The van der Waals surface area contributed by atoms with E-state index in [4.69, 9.17) is 9.47 Å². The van der Waals surface area contributed by atoms with Crippen LogP contribution in [0, 0.1) is 0 Å². The Kier molecular flexibility index (Phi) is 4.36. The van der Waals surface area contributed by atoms with Crippen molar-refractivity contribution in [3.05, 3.63) is 29.3 Å². The molecule has 1 aromatic carbocycles. The van der Waals surface area contributed by atoms with E-state index in [0.29, 0.717) is 6.42 Å². The fraction of sp³-hybridized carbons (Fsp3) is 0.412. The van der Waals surface area contributed by atoms with E-state index in [2.05, 4.69) is 15.6 Å². The fourth-order valence-electron chi connectivity index (χ4n) is 2.97. The predicted octanol–water partition coefficient (Wildman–Crippen LogP) is 1.95. The second-order valence-corrected chi connectivity index (χ2v) is 6.86. The molecule has 0 radical (unpaired) electrons. The third kappa shape index (κ3) is 3.37. The van der Waals surface area contributed by atoms with Crippen molar-refractivity contribution in [2.45, 2.75) is 25.3 Å². The van der Waals surface area contributed by atoms with Crippen LogP contribution in [0.1, 0.15) is 18.5 Å². The van der Waals surface area contributed by atoms with Crippen LogP contribution in [0.5, 0.6) is 11.5 Å². The van der Waals surface area contributed by atoms with Crippen molar-refractivity contribution in [1.82, 2.24) is 15.6 Å². The van der Waals surface area contributed by atoms with Gasteiger partial charge in [-0.2, -0.15) is 0 Å². The highest BCUT2D eigenvalue weighted by atomic mass is 32.1. The van der Waals surface area contributed by atoms with E-state index in [-0.39, 0.29) is 18.7 Å². The summed E-state index contributed by atoms with van der Waals surface area (Å²) >= 11 is 1.54. The smallest absolute Gasteiger partial charge is 0.231 e. The highest BCUT2D eigenvalue weighted by molar-refractivity contribution is 7.13. The molecule has 1 fully saturated rings. The summed E-state index contributed by atoms with van der Waals surface area (Å²) in [6.07, 6.45) is 2.46. The molecule has 4 rings (SSSR count).